The first-order valence-corrected chi connectivity index (χ1v) is 7.79. The Labute approximate surface area is 124 Å². The predicted octanol–water partition coefficient (Wildman–Crippen LogP) is 1.78. The number of hydrogen-bond acceptors (Lipinski definition) is 4. The van der Waals surface area contributed by atoms with Gasteiger partial charge in [-0.1, -0.05) is 6.07 Å². The van der Waals surface area contributed by atoms with E-state index in [9.17, 15) is 4.79 Å². The highest BCUT2D eigenvalue weighted by atomic mass is 32.1. The third-order valence-electron chi connectivity index (χ3n) is 3.57. The fraction of sp³-hybridized carbons (Fsp3) is 0.643. The molecular formula is C14H23N3O2S. The van der Waals surface area contributed by atoms with E-state index in [1.165, 1.54) is 4.88 Å². The molecule has 1 saturated heterocycles. The maximum Gasteiger partial charge on any atom is 0.317 e. The predicted molar refractivity (Wildman–Crippen MR) is 81.1 cm³/mol. The zero-order chi connectivity index (χ0) is 14.5. The van der Waals surface area contributed by atoms with Crippen LogP contribution in [0.25, 0.3) is 0 Å². The van der Waals surface area contributed by atoms with Crippen LogP contribution in [0.1, 0.15) is 17.8 Å². The molecule has 20 heavy (non-hydrogen) atoms. The van der Waals surface area contributed by atoms with Crippen molar-refractivity contribution < 1.29 is 9.53 Å². The fourth-order valence-corrected chi connectivity index (χ4v) is 3.26. The van der Waals surface area contributed by atoms with Crippen LogP contribution in [-0.2, 0) is 4.74 Å². The van der Waals surface area contributed by atoms with Crippen molar-refractivity contribution in [3.63, 3.8) is 0 Å². The Morgan fingerprint density at radius 1 is 1.65 bits per heavy atom. The number of carbonyl (C=O) groups is 1. The van der Waals surface area contributed by atoms with E-state index < -0.39 is 0 Å². The zero-order valence-corrected chi connectivity index (χ0v) is 13.2. The smallest absolute Gasteiger partial charge is 0.317 e. The number of hydrogen-bond donors (Lipinski definition) is 1. The van der Waals surface area contributed by atoms with Crippen LogP contribution in [0.15, 0.2) is 17.5 Å². The number of rotatable bonds is 4. The first-order valence-electron chi connectivity index (χ1n) is 6.91. The van der Waals surface area contributed by atoms with E-state index in [0.29, 0.717) is 26.3 Å². The van der Waals surface area contributed by atoms with Crippen molar-refractivity contribution in [3.05, 3.63) is 22.4 Å². The number of nitrogens with one attached hydrogen (secondary N) is 1. The summed E-state index contributed by atoms with van der Waals surface area (Å²) in [6, 6.07) is 4.52. The number of carbonyl (C=O) groups excluding carboxylic acids is 1. The van der Waals surface area contributed by atoms with E-state index >= 15 is 0 Å². The second-order valence-electron chi connectivity index (χ2n) is 5.30. The molecule has 0 aromatic carbocycles. The van der Waals surface area contributed by atoms with Crippen LogP contribution in [0.2, 0.25) is 0 Å². The standard InChI is InChI=1S/C14H23N3O2S/c1-11-10-19-7-6-17(11)14(18)15-9-12(16(2)3)13-5-4-8-20-13/h4-5,8,11-12H,6-7,9-10H2,1-3H3,(H,15,18)/t11-,12-/m0/s1. The molecule has 5 nitrogen and oxygen atoms in total. The molecule has 1 aliphatic rings. The van der Waals surface area contributed by atoms with Crippen molar-refractivity contribution in [1.29, 1.82) is 0 Å². The molecule has 0 saturated carbocycles. The van der Waals surface area contributed by atoms with Crippen LogP contribution in [0.4, 0.5) is 4.79 Å². The summed E-state index contributed by atoms with van der Waals surface area (Å²) in [5.41, 5.74) is 0. The number of morpholine rings is 1. The minimum Gasteiger partial charge on any atom is -0.377 e. The highest BCUT2D eigenvalue weighted by molar-refractivity contribution is 7.10. The lowest BCUT2D eigenvalue weighted by molar-refractivity contribution is 0.0187. The first kappa shape index (κ1) is 15.3. The van der Waals surface area contributed by atoms with E-state index in [0.717, 1.165) is 0 Å². The Bertz CT molecular complexity index is 422. The molecule has 1 aliphatic heterocycles. The maximum absolute atomic E-state index is 12.2. The maximum atomic E-state index is 12.2. The van der Waals surface area contributed by atoms with Crippen LogP contribution in [0.3, 0.4) is 0 Å². The Morgan fingerprint density at radius 3 is 3.05 bits per heavy atom. The lowest BCUT2D eigenvalue weighted by atomic mass is 10.2. The van der Waals surface area contributed by atoms with Crippen LogP contribution in [0.5, 0.6) is 0 Å². The molecule has 2 atom stereocenters. The van der Waals surface area contributed by atoms with Crippen LogP contribution in [-0.4, -0.2) is 62.3 Å². The SMILES string of the molecule is C[C@H]1COCCN1C(=O)NC[C@@H](c1cccs1)N(C)C. The van der Waals surface area contributed by atoms with Gasteiger partial charge >= 0.3 is 6.03 Å². The van der Waals surface area contributed by atoms with Gasteiger partial charge in [-0.3, -0.25) is 0 Å². The minimum atomic E-state index is 0.00389. The molecule has 6 heteroatoms. The number of ether oxygens (including phenoxy) is 1. The van der Waals surface area contributed by atoms with Gasteiger partial charge in [0.05, 0.1) is 25.3 Å². The molecule has 0 spiro atoms. The molecular weight excluding hydrogens is 274 g/mol. The molecule has 0 radical (unpaired) electrons. The third kappa shape index (κ3) is 3.71. The summed E-state index contributed by atoms with van der Waals surface area (Å²) in [5, 5.41) is 5.12. The largest absolute Gasteiger partial charge is 0.377 e. The Balaban J connectivity index is 1.90. The monoisotopic (exact) mass is 297 g/mol. The topological polar surface area (TPSA) is 44.8 Å². The van der Waals surface area contributed by atoms with Crippen LogP contribution >= 0.6 is 11.3 Å². The number of thiophene rings is 1. The summed E-state index contributed by atoms with van der Waals surface area (Å²) in [5.74, 6) is 0. The van der Waals surface area contributed by atoms with Gasteiger partial charge in [-0.05, 0) is 32.5 Å². The molecule has 1 aromatic heterocycles. The number of amides is 2. The molecule has 2 heterocycles. The average Bonchev–Trinajstić information content (AvgIpc) is 2.92. The van der Waals surface area contributed by atoms with Gasteiger partial charge in [-0.2, -0.15) is 0 Å². The molecule has 2 amide bonds. The number of urea groups is 1. The van der Waals surface area contributed by atoms with E-state index in [2.05, 4.69) is 21.7 Å². The average molecular weight is 297 g/mol. The highest BCUT2D eigenvalue weighted by Crippen LogP contribution is 2.22. The van der Waals surface area contributed by atoms with E-state index in [4.69, 9.17) is 4.74 Å². The van der Waals surface area contributed by atoms with Crippen molar-refractivity contribution in [2.24, 2.45) is 0 Å². The van der Waals surface area contributed by atoms with Gasteiger partial charge < -0.3 is 19.9 Å². The van der Waals surface area contributed by atoms with E-state index in [1.807, 2.05) is 32.0 Å². The van der Waals surface area contributed by atoms with E-state index in [-0.39, 0.29) is 18.1 Å². The lowest BCUT2D eigenvalue weighted by Gasteiger charge is -2.34. The lowest BCUT2D eigenvalue weighted by Crippen LogP contribution is -2.52. The Hall–Kier alpha value is -1.11. The summed E-state index contributed by atoms with van der Waals surface area (Å²) < 4.78 is 5.36. The summed E-state index contributed by atoms with van der Waals surface area (Å²) in [6.07, 6.45) is 0. The van der Waals surface area contributed by atoms with E-state index in [1.54, 1.807) is 11.3 Å². The van der Waals surface area contributed by atoms with Gasteiger partial charge in [0.15, 0.2) is 0 Å². The van der Waals surface area contributed by atoms with Gasteiger partial charge in [-0.25, -0.2) is 4.79 Å². The number of likely N-dealkylation sites (N-methyl/N-ethyl adjacent to an activating group) is 1. The van der Waals surface area contributed by atoms with Crippen molar-refractivity contribution in [1.82, 2.24) is 15.1 Å². The Kier molecular flexibility index (Phi) is 5.39. The Morgan fingerprint density at radius 2 is 2.45 bits per heavy atom. The van der Waals surface area contributed by atoms with Gasteiger partial charge in [0, 0.05) is 18.0 Å². The number of nitrogens with zero attached hydrogens (tertiary/aromatic N) is 2. The molecule has 0 unspecified atom stereocenters. The fourth-order valence-electron chi connectivity index (χ4n) is 2.33. The van der Waals surface area contributed by atoms with Crippen LogP contribution in [0, 0.1) is 0 Å². The summed E-state index contributed by atoms with van der Waals surface area (Å²) in [7, 11) is 4.07. The summed E-state index contributed by atoms with van der Waals surface area (Å²) >= 11 is 1.72. The van der Waals surface area contributed by atoms with Gasteiger partial charge in [-0.15, -0.1) is 11.3 Å². The molecule has 0 bridgehead atoms. The quantitative estimate of drug-likeness (QED) is 0.921. The van der Waals surface area contributed by atoms with Crippen LogP contribution < -0.4 is 5.32 Å². The zero-order valence-electron chi connectivity index (χ0n) is 12.3. The first-order chi connectivity index (χ1) is 9.59. The second-order valence-corrected chi connectivity index (χ2v) is 6.28. The molecule has 112 valence electrons. The van der Waals surface area contributed by atoms with Crippen molar-refractivity contribution in [2.75, 3.05) is 40.4 Å². The van der Waals surface area contributed by atoms with Crippen molar-refractivity contribution >= 4 is 17.4 Å². The molecule has 1 N–H and O–H groups in total. The molecule has 2 rings (SSSR count). The molecule has 1 fully saturated rings. The summed E-state index contributed by atoms with van der Waals surface area (Å²) in [6.45, 7) is 4.55. The third-order valence-corrected chi connectivity index (χ3v) is 4.54. The van der Waals surface area contributed by atoms with Gasteiger partial charge in [0.2, 0.25) is 0 Å². The normalized spacial score (nSPS) is 21.0. The minimum absolute atomic E-state index is 0.00389. The summed E-state index contributed by atoms with van der Waals surface area (Å²) in [4.78, 5) is 17.5. The molecule has 1 aromatic rings. The van der Waals surface area contributed by atoms with Crippen molar-refractivity contribution in [3.8, 4) is 0 Å². The second kappa shape index (κ2) is 7.06. The van der Waals surface area contributed by atoms with Gasteiger partial charge in [0.25, 0.3) is 0 Å². The highest BCUT2D eigenvalue weighted by Gasteiger charge is 2.24. The molecule has 0 aliphatic carbocycles. The van der Waals surface area contributed by atoms with Gasteiger partial charge in [0.1, 0.15) is 0 Å². The van der Waals surface area contributed by atoms with Crippen molar-refractivity contribution in [2.45, 2.75) is 19.0 Å².